The topological polar surface area (TPSA) is 56.7 Å². The van der Waals surface area contributed by atoms with Gasteiger partial charge >= 0.3 is 0 Å². The van der Waals surface area contributed by atoms with E-state index >= 15 is 0 Å². The molecule has 0 aliphatic rings. The Balaban J connectivity index is 2.52. The van der Waals surface area contributed by atoms with Crippen LogP contribution in [0.5, 0.6) is 0 Å². The van der Waals surface area contributed by atoms with Crippen molar-refractivity contribution in [3.8, 4) is 11.4 Å². The first-order valence-electron chi connectivity index (χ1n) is 5.58. The number of halogens is 1. The van der Waals surface area contributed by atoms with Gasteiger partial charge in [0.2, 0.25) is 0 Å². The Bertz CT molecular complexity index is 533. The molecule has 1 aromatic heterocycles. The van der Waals surface area contributed by atoms with Crippen molar-refractivity contribution in [2.24, 2.45) is 0 Å². The van der Waals surface area contributed by atoms with E-state index in [1.54, 1.807) is 6.07 Å². The number of aromatic nitrogens is 3. The van der Waals surface area contributed by atoms with Gasteiger partial charge in [-0.2, -0.15) is 0 Å². The summed E-state index contributed by atoms with van der Waals surface area (Å²) in [6.07, 6.45) is 1.03. The lowest BCUT2D eigenvalue weighted by atomic mass is 10.2. The van der Waals surface area contributed by atoms with Crippen molar-refractivity contribution in [2.75, 3.05) is 5.73 Å². The van der Waals surface area contributed by atoms with E-state index in [1.807, 2.05) is 19.1 Å². The highest BCUT2D eigenvalue weighted by Gasteiger charge is 2.13. The predicted molar refractivity (Wildman–Crippen MR) is 69.9 cm³/mol. The number of rotatable bonds is 3. The molecular weight excluding hydrogens is 236 g/mol. The fourth-order valence-electron chi connectivity index (χ4n) is 1.78. The molecule has 1 aromatic carbocycles. The molecule has 0 unspecified atom stereocenters. The number of nitrogens with two attached hydrogens (primary N) is 1. The number of nitrogens with zero attached hydrogens (tertiary/aromatic N) is 3. The zero-order chi connectivity index (χ0) is 12.4. The number of benzene rings is 1. The summed E-state index contributed by atoms with van der Waals surface area (Å²) < 4.78 is 2.07. The molecule has 2 N–H and O–H groups in total. The SMILES string of the molecule is CCCn1c(C)nnc1-c1ccc(N)cc1Cl. The average molecular weight is 251 g/mol. The molecule has 17 heavy (non-hydrogen) atoms. The summed E-state index contributed by atoms with van der Waals surface area (Å²) in [7, 11) is 0. The largest absolute Gasteiger partial charge is 0.399 e. The van der Waals surface area contributed by atoms with Crippen molar-refractivity contribution in [2.45, 2.75) is 26.8 Å². The molecule has 1 heterocycles. The number of hydrogen-bond donors (Lipinski definition) is 1. The van der Waals surface area contributed by atoms with Crippen molar-refractivity contribution in [3.63, 3.8) is 0 Å². The molecule has 2 aromatic rings. The number of aryl methyl sites for hydroxylation is 1. The second-order valence-corrected chi connectivity index (χ2v) is 4.37. The normalized spacial score (nSPS) is 10.8. The van der Waals surface area contributed by atoms with Gasteiger partial charge in [0.1, 0.15) is 5.82 Å². The minimum absolute atomic E-state index is 0.606. The predicted octanol–water partition coefficient (Wildman–Crippen LogP) is 2.90. The van der Waals surface area contributed by atoms with Gasteiger partial charge in [0.25, 0.3) is 0 Å². The second-order valence-electron chi connectivity index (χ2n) is 3.96. The first-order chi connectivity index (χ1) is 8.13. The summed E-state index contributed by atoms with van der Waals surface area (Å²) in [4.78, 5) is 0. The summed E-state index contributed by atoms with van der Waals surface area (Å²) in [5, 5.41) is 8.89. The van der Waals surface area contributed by atoms with Crippen molar-refractivity contribution in [3.05, 3.63) is 29.0 Å². The van der Waals surface area contributed by atoms with Crippen LogP contribution in [0.3, 0.4) is 0 Å². The van der Waals surface area contributed by atoms with Crippen LogP contribution in [0.2, 0.25) is 5.02 Å². The van der Waals surface area contributed by atoms with Crippen molar-refractivity contribution in [1.29, 1.82) is 0 Å². The zero-order valence-corrected chi connectivity index (χ0v) is 10.7. The monoisotopic (exact) mass is 250 g/mol. The van der Waals surface area contributed by atoms with E-state index in [1.165, 1.54) is 0 Å². The summed E-state index contributed by atoms with van der Waals surface area (Å²) >= 11 is 6.18. The van der Waals surface area contributed by atoms with E-state index in [4.69, 9.17) is 17.3 Å². The highest BCUT2D eigenvalue weighted by molar-refractivity contribution is 6.33. The smallest absolute Gasteiger partial charge is 0.165 e. The van der Waals surface area contributed by atoms with E-state index < -0.39 is 0 Å². The Kier molecular flexibility index (Phi) is 3.33. The van der Waals surface area contributed by atoms with Crippen molar-refractivity contribution < 1.29 is 0 Å². The van der Waals surface area contributed by atoms with E-state index in [-0.39, 0.29) is 0 Å². The minimum Gasteiger partial charge on any atom is -0.399 e. The lowest BCUT2D eigenvalue weighted by Gasteiger charge is -2.08. The molecule has 0 fully saturated rings. The van der Waals surface area contributed by atoms with Gasteiger partial charge in [-0.05, 0) is 31.5 Å². The van der Waals surface area contributed by atoms with Crippen LogP contribution in [0.15, 0.2) is 18.2 Å². The summed E-state index contributed by atoms with van der Waals surface area (Å²) in [6.45, 7) is 4.94. The van der Waals surface area contributed by atoms with Gasteiger partial charge in [-0.1, -0.05) is 18.5 Å². The van der Waals surface area contributed by atoms with Crippen molar-refractivity contribution >= 4 is 17.3 Å². The van der Waals surface area contributed by atoms with Crippen LogP contribution in [0.25, 0.3) is 11.4 Å². The van der Waals surface area contributed by atoms with Crippen LogP contribution in [0.1, 0.15) is 19.2 Å². The Hall–Kier alpha value is -1.55. The van der Waals surface area contributed by atoms with Gasteiger partial charge < -0.3 is 10.3 Å². The standard InChI is InChI=1S/C12H15ClN4/c1-3-6-17-8(2)15-16-12(17)10-5-4-9(14)7-11(10)13/h4-5,7H,3,6,14H2,1-2H3. The molecule has 90 valence electrons. The van der Waals surface area contributed by atoms with Crippen LogP contribution in [-0.4, -0.2) is 14.8 Å². The molecule has 4 nitrogen and oxygen atoms in total. The zero-order valence-electron chi connectivity index (χ0n) is 9.94. The first-order valence-corrected chi connectivity index (χ1v) is 5.96. The lowest BCUT2D eigenvalue weighted by molar-refractivity contribution is 0.663. The molecule has 0 atom stereocenters. The Morgan fingerprint density at radius 1 is 1.35 bits per heavy atom. The third-order valence-electron chi connectivity index (χ3n) is 2.62. The van der Waals surface area contributed by atoms with Gasteiger partial charge in [0.15, 0.2) is 5.82 Å². The Labute approximate surface area is 105 Å². The highest BCUT2D eigenvalue weighted by Crippen LogP contribution is 2.28. The van der Waals surface area contributed by atoms with E-state index in [0.29, 0.717) is 10.7 Å². The third-order valence-corrected chi connectivity index (χ3v) is 2.93. The minimum atomic E-state index is 0.606. The lowest BCUT2D eigenvalue weighted by Crippen LogP contribution is -2.02. The van der Waals surface area contributed by atoms with Crippen LogP contribution < -0.4 is 5.73 Å². The Morgan fingerprint density at radius 3 is 2.76 bits per heavy atom. The van der Waals surface area contributed by atoms with Crippen LogP contribution in [-0.2, 0) is 6.54 Å². The van der Waals surface area contributed by atoms with Gasteiger partial charge in [-0.15, -0.1) is 10.2 Å². The average Bonchev–Trinajstić information content (AvgIpc) is 2.62. The van der Waals surface area contributed by atoms with Gasteiger partial charge in [0, 0.05) is 17.8 Å². The molecule has 0 amide bonds. The first kappa shape index (κ1) is 11.9. The maximum atomic E-state index is 6.18. The second kappa shape index (κ2) is 4.75. The quantitative estimate of drug-likeness (QED) is 0.853. The van der Waals surface area contributed by atoms with Crippen LogP contribution in [0.4, 0.5) is 5.69 Å². The van der Waals surface area contributed by atoms with Crippen molar-refractivity contribution in [1.82, 2.24) is 14.8 Å². The molecule has 0 aliphatic heterocycles. The maximum Gasteiger partial charge on any atom is 0.165 e. The summed E-state index contributed by atoms with van der Waals surface area (Å²) in [5.74, 6) is 1.70. The van der Waals surface area contributed by atoms with E-state index in [2.05, 4.69) is 21.7 Å². The molecule has 0 saturated heterocycles. The molecular formula is C12H15ClN4. The number of anilines is 1. The molecule has 0 saturated carbocycles. The van der Waals surface area contributed by atoms with Gasteiger partial charge in [-0.25, -0.2) is 0 Å². The molecule has 0 aliphatic carbocycles. The Morgan fingerprint density at radius 2 is 2.12 bits per heavy atom. The molecule has 0 spiro atoms. The third kappa shape index (κ3) is 2.26. The van der Waals surface area contributed by atoms with Crippen LogP contribution >= 0.6 is 11.6 Å². The molecule has 5 heteroatoms. The highest BCUT2D eigenvalue weighted by atomic mass is 35.5. The number of hydrogen-bond acceptors (Lipinski definition) is 3. The summed E-state index contributed by atoms with van der Waals surface area (Å²) in [5.41, 5.74) is 7.20. The molecule has 2 rings (SSSR count). The fraction of sp³-hybridized carbons (Fsp3) is 0.333. The molecule has 0 radical (unpaired) electrons. The van der Waals surface area contributed by atoms with Crippen LogP contribution in [0, 0.1) is 6.92 Å². The van der Waals surface area contributed by atoms with Gasteiger partial charge in [0.05, 0.1) is 5.02 Å². The molecule has 0 bridgehead atoms. The van der Waals surface area contributed by atoms with Gasteiger partial charge in [-0.3, -0.25) is 0 Å². The van der Waals surface area contributed by atoms with E-state index in [0.717, 1.165) is 30.2 Å². The fourth-order valence-corrected chi connectivity index (χ4v) is 2.06. The summed E-state index contributed by atoms with van der Waals surface area (Å²) in [6, 6.07) is 5.44. The number of nitrogen functional groups attached to an aromatic ring is 1. The van der Waals surface area contributed by atoms with E-state index in [9.17, 15) is 0 Å². The maximum absolute atomic E-state index is 6.18.